The Bertz CT molecular complexity index is 4510. The summed E-state index contributed by atoms with van der Waals surface area (Å²) in [6.45, 7) is 27.4. The second kappa shape index (κ2) is 21.1. The van der Waals surface area contributed by atoms with E-state index in [1.807, 2.05) is 0 Å². The van der Waals surface area contributed by atoms with Crippen LogP contribution in [-0.2, 0) is 27.1 Å². The van der Waals surface area contributed by atoms with Gasteiger partial charge in [0.15, 0.2) is 0 Å². The Kier molecular flexibility index (Phi) is 13.6. The summed E-state index contributed by atoms with van der Waals surface area (Å²) < 4.78 is 15.2. The Hall–Kier alpha value is -9.03. The van der Waals surface area contributed by atoms with E-state index in [0.29, 0.717) is 0 Å². The van der Waals surface area contributed by atoms with Crippen LogP contribution in [0, 0.1) is 0 Å². The van der Waals surface area contributed by atoms with Crippen molar-refractivity contribution in [1.82, 2.24) is 0 Å². The van der Waals surface area contributed by atoms with Gasteiger partial charge in [-0.05, 0) is 163 Å². The second-order valence-corrected chi connectivity index (χ2v) is 29.3. The van der Waals surface area contributed by atoms with E-state index in [1.54, 1.807) is 11.8 Å². The minimum atomic E-state index is -0.973. The molecule has 14 rings (SSSR count). The summed E-state index contributed by atoms with van der Waals surface area (Å²) in [5, 5.41) is 4.15. The lowest BCUT2D eigenvalue weighted by molar-refractivity contribution is 0.589. The molecule has 5 heteroatoms. The molecule has 0 fully saturated rings. The van der Waals surface area contributed by atoms with Crippen molar-refractivity contribution < 1.29 is 8.83 Å². The van der Waals surface area contributed by atoms with Crippen molar-refractivity contribution in [1.29, 1.82) is 0 Å². The number of furan rings is 2. The Morgan fingerprint density at radius 2 is 0.614 bits per heavy atom. The van der Waals surface area contributed by atoms with Crippen LogP contribution in [0.3, 0.4) is 0 Å². The lowest BCUT2D eigenvalue weighted by Crippen LogP contribution is -2.29. The first-order valence-corrected chi connectivity index (χ1v) is 31.9. The van der Waals surface area contributed by atoms with Crippen molar-refractivity contribution in [2.75, 3.05) is 9.80 Å². The summed E-state index contributed by atoms with van der Waals surface area (Å²) in [5.74, 6) is 0. The average molecular weight is 1170 g/mol. The predicted octanol–water partition coefficient (Wildman–Crippen LogP) is 24.1. The third kappa shape index (κ3) is 9.61. The fourth-order valence-corrected chi connectivity index (χ4v) is 14.3. The molecule has 11 aromatic carbocycles. The van der Waals surface area contributed by atoms with Gasteiger partial charge in [0.1, 0.15) is 22.3 Å². The zero-order valence-electron chi connectivity index (χ0n) is 52.7. The van der Waals surface area contributed by atoms with Gasteiger partial charge in [0, 0.05) is 54.4 Å². The molecule has 13 aromatic rings. The lowest BCUT2D eigenvalue weighted by atomic mass is 9.67. The van der Waals surface area contributed by atoms with Gasteiger partial charge in [-0.1, -0.05) is 240 Å². The molecule has 0 bridgehead atoms. The summed E-state index contributed by atoms with van der Waals surface area (Å²) in [5.41, 5.74) is 20.1. The number of hydrogen-bond acceptors (Lipinski definition) is 5. The molecule has 2 aromatic heterocycles. The summed E-state index contributed by atoms with van der Waals surface area (Å²) in [4.78, 5) is 7.28. The van der Waals surface area contributed by atoms with Crippen LogP contribution < -0.4 is 9.80 Å². The topological polar surface area (TPSA) is 32.8 Å². The van der Waals surface area contributed by atoms with Crippen molar-refractivity contribution in [2.45, 2.75) is 120 Å². The summed E-state index contributed by atoms with van der Waals surface area (Å²) in [6.07, 6.45) is 0. The molecule has 88 heavy (non-hydrogen) atoms. The predicted molar refractivity (Wildman–Crippen MR) is 373 cm³/mol. The minimum Gasteiger partial charge on any atom is -0.455 e. The maximum atomic E-state index is 7.62. The molecule has 0 saturated heterocycles. The van der Waals surface area contributed by atoms with Crippen LogP contribution >= 0.6 is 11.8 Å². The number of para-hydroxylation sites is 4. The minimum absolute atomic E-state index is 0.0383. The zero-order chi connectivity index (χ0) is 61.1. The van der Waals surface area contributed by atoms with Gasteiger partial charge in [-0.2, -0.15) is 0 Å². The van der Waals surface area contributed by atoms with E-state index >= 15 is 0 Å². The highest BCUT2D eigenvalue weighted by molar-refractivity contribution is 7.99. The first-order chi connectivity index (χ1) is 42.2. The van der Waals surface area contributed by atoms with E-state index in [1.165, 1.54) is 27.1 Å². The van der Waals surface area contributed by atoms with E-state index < -0.39 is 5.41 Å². The van der Waals surface area contributed by atoms with E-state index in [4.69, 9.17) is 8.83 Å². The molecule has 1 aliphatic carbocycles. The van der Waals surface area contributed by atoms with Crippen molar-refractivity contribution >= 4 is 89.8 Å². The fraction of sp³-hybridized carbons (Fsp3) is 0.205. The highest BCUT2D eigenvalue weighted by Crippen LogP contribution is 2.65. The SMILES string of the molecule is CC(C)(C)c1ccc(Sc2ccc(C3(c4ccc(C(C)(C)C)cc4)c4cc(N(c5ccccc5)c5ccc(C(C)(C)C)cc5)c5c(oc6ccccc65)c4-c4c3cc(N(c3ccccc3)c3ccc(C(C)(C)C)cc3)c3c4oc4ccccc43)cc2)cc1. The quantitative estimate of drug-likeness (QED) is 0.136. The van der Waals surface area contributed by atoms with Crippen molar-refractivity contribution in [2.24, 2.45) is 0 Å². The van der Waals surface area contributed by atoms with Gasteiger partial charge in [-0.15, -0.1) is 0 Å². The summed E-state index contributed by atoms with van der Waals surface area (Å²) >= 11 is 1.80. The van der Waals surface area contributed by atoms with Gasteiger partial charge in [0.2, 0.25) is 0 Å². The number of anilines is 6. The van der Waals surface area contributed by atoms with Crippen LogP contribution in [0.1, 0.15) is 128 Å². The molecule has 0 amide bonds. The molecule has 0 spiro atoms. The molecule has 0 radical (unpaired) electrons. The number of nitrogens with zero attached hydrogens (tertiary/aromatic N) is 2. The second-order valence-electron chi connectivity index (χ2n) is 28.2. The van der Waals surface area contributed by atoms with Gasteiger partial charge in [0.25, 0.3) is 0 Å². The van der Waals surface area contributed by atoms with Crippen LogP contribution in [0.15, 0.2) is 261 Å². The molecule has 0 atom stereocenters. The standard InChI is InChI=1S/C83H76N2O2S/c1-79(2,3)53-31-33-57(34-32-53)83(58-41-49-64(50-42-58)88-63-47-39-56(40-48-63)82(10,11)12)67-51-69(84(59-23-15-13-16-24-59)61-43-35-54(36-44-61)80(4,5)6)73-65-27-19-21-29-71(65)86-77(73)75(67)76-68(83)52-70(74-66-28-20-22-30-72(66)87-78(74)76)85(60-25-17-14-18-26-60)62-45-37-55(38-46-62)81(7,8)9/h13-52H,1-12H3. The van der Waals surface area contributed by atoms with Crippen LogP contribution in [0.4, 0.5) is 34.1 Å². The molecule has 2 heterocycles. The first-order valence-electron chi connectivity index (χ1n) is 31.1. The monoisotopic (exact) mass is 1160 g/mol. The molecule has 0 aliphatic heterocycles. The fourth-order valence-electron chi connectivity index (χ4n) is 13.5. The Morgan fingerprint density at radius 3 is 0.977 bits per heavy atom. The van der Waals surface area contributed by atoms with Crippen molar-refractivity contribution in [3.63, 3.8) is 0 Å². The average Bonchev–Trinajstić information content (AvgIpc) is 1.55. The van der Waals surface area contributed by atoms with Crippen molar-refractivity contribution in [3.05, 3.63) is 287 Å². The first kappa shape index (κ1) is 56.8. The highest BCUT2D eigenvalue weighted by Gasteiger charge is 2.51. The molecular weight excluding hydrogens is 1090 g/mol. The van der Waals surface area contributed by atoms with Gasteiger partial charge < -0.3 is 18.6 Å². The highest BCUT2D eigenvalue weighted by atomic mass is 32.2. The lowest BCUT2D eigenvalue weighted by Gasteiger charge is -2.36. The van der Waals surface area contributed by atoms with Gasteiger partial charge in [-0.3, -0.25) is 0 Å². The number of rotatable bonds is 10. The van der Waals surface area contributed by atoms with Crippen LogP contribution in [-0.4, -0.2) is 0 Å². The van der Waals surface area contributed by atoms with Gasteiger partial charge in [-0.25, -0.2) is 0 Å². The van der Waals surface area contributed by atoms with Crippen LogP contribution in [0.2, 0.25) is 0 Å². The molecule has 0 saturated carbocycles. The largest absolute Gasteiger partial charge is 0.455 e. The third-order valence-corrected chi connectivity index (χ3v) is 19.3. The van der Waals surface area contributed by atoms with E-state index in [2.05, 4.69) is 336 Å². The maximum Gasteiger partial charge on any atom is 0.145 e. The normalized spacial score (nSPS) is 13.4. The van der Waals surface area contributed by atoms with Crippen LogP contribution in [0.25, 0.3) is 55.0 Å². The van der Waals surface area contributed by atoms with E-state index in [-0.39, 0.29) is 21.7 Å². The number of benzene rings is 11. The Labute approximate surface area is 523 Å². The number of fused-ring (bicyclic) bond motifs is 11. The third-order valence-electron chi connectivity index (χ3n) is 18.2. The van der Waals surface area contributed by atoms with Gasteiger partial charge >= 0.3 is 0 Å². The van der Waals surface area contributed by atoms with E-state index in [0.717, 1.165) is 116 Å². The zero-order valence-corrected chi connectivity index (χ0v) is 53.5. The molecule has 0 unspecified atom stereocenters. The van der Waals surface area contributed by atoms with Crippen LogP contribution in [0.5, 0.6) is 0 Å². The summed E-state index contributed by atoms with van der Waals surface area (Å²) in [6, 6.07) is 90.4. The maximum absolute atomic E-state index is 7.62. The molecule has 1 aliphatic rings. The Morgan fingerprint density at radius 1 is 0.318 bits per heavy atom. The molecule has 4 nitrogen and oxygen atoms in total. The van der Waals surface area contributed by atoms with Crippen molar-refractivity contribution in [3.8, 4) is 11.1 Å². The van der Waals surface area contributed by atoms with E-state index in [9.17, 15) is 0 Å². The molecule has 0 N–H and O–H groups in total. The molecular formula is C83H76N2O2S. The van der Waals surface area contributed by atoms with Gasteiger partial charge in [0.05, 0.1) is 27.6 Å². The molecule has 436 valence electrons. The number of hydrogen-bond donors (Lipinski definition) is 0. The summed E-state index contributed by atoms with van der Waals surface area (Å²) in [7, 11) is 0. The Balaban J connectivity index is 1.16. The smallest absolute Gasteiger partial charge is 0.145 e.